The van der Waals surface area contributed by atoms with Gasteiger partial charge in [0.15, 0.2) is 0 Å². The summed E-state index contributed by atoms with van der Waals surface area (Å²) in [5.74, 6) is 3.52. The van der Waals surface area contributed by atoms with Crippen LogP contribution in [-0.2, 0) is 9.53 Å². The summed E-state index contributed by atoms with van der Waals surface area (Å²) in [5, 5.41) is 0. The highest BCUT2D eigenvalue weighted by molar-refractivity contribution is 5.79. The number of methoxy groups -OCH3 is 1. The lowest BCUT2D eigenvalue weighted by Crippen LogP contribution is -2.40. The van der Waals surface area contributed by atoms with E-state index >= 15 is 0 Å². The molecule has 0 radical (unpaired) electrons. The van der Waals surface area contributed by atoms with E-state index in [1.165, 1.54) is 32.1 Å². The number of carbonyl (C=O) groups is 1. The van der Waals surface area contributed by atoms with Crippen molar-refractivity contribution in [1.29, 1.82) is 0 Å². The number of likely N-dealkylation sites (tertiary alicyclic amines) is 1. The third-order valence-electron chi connectivity index (χ3n) is 6.19. The van der Waals surface area contributed by atoms with Gasteiger partial charge in [-0.1, -0.05) is 80.7 Å². The largest absolute Gasteiger partial charge is 0.388 e. The van der Waals surface area contributed by atoms with Crippen LogP contribution in [0.1, 0.15) is 93.9 Å². The quantitative estimate of drug-likeness (QED) is 0.457. The van der Waals surface area contributed by atoms with Crippen molar-refractivity contribution in [2.45, 2.75) is 100.0 Å². The van der Waals surface area contributed by atoms with Crippen LogP contribution in [0.25, 0.3) is 0 Å². The molecule has 0 aromatic carbocycles. The van der Waals surface area contributed by atoms with Crippen molar-refractivity contribution in [3.8, 4) is 0 Å². The fourth-order valence-electron chi connectivity index (χ4n) is 3.66. The normalized spacial score (nSPS) is 22.6. The average Bonchev–Trinajstić information content (AvgIpc) is 3.11. The van der Waals surface area contributed by atoms with Crippen molar-refractivity contribution in [2.24, 2.45) is 29.6 Å². The van der Waals surface area contributed by atoms with Gasteiger partial charge in [0.05, 0.1) is 6.04 Å². The van der Waals surface area contributed by atoms with Crippen molar-refractivity contribution < 1.29 is 9.53 Å². The zero-order chi connectivity index (χ0) is 23.0. The lowest BCUT2D eigenvalue weighted by molar-refractivity contribution is -0.137. The van der Waals surface area contributed by atoms with Crippen molar-refractivity contribution in [2.75, 3.05) is 20.8 Å². The second-order valence-corrected chi connectivity index (χ2v) is 9.22. The number of rotatable bonds is 4. The summed E-state index contributed by atoms with van der Waals surface area (Å²) in [6, 6.07) is 0.276. The Morgan fingerprint density at radius 3 is 1.83 bits per heavy atom. The SMILES string of the molecule is C=CC1C[C@@H](C)CN1C(=O)C(C)C1CCCCC1.CC.CC(C)C(C)C.COC. The molecule has 1 aliphatic heterocycles. The molecule has 0 bridgehead atoms. The molecule has 2 fully saturated rings. The summed E-state index contributed by atoms with van der Waals surface area (Å²) < 4.78 is 4.25. The molecular weight excluding hydrogens is 358 g/mol. The molecule has 1 amide bonds. The first kappa shape index (κ1) is 30.4. The summed E-state index contributed by atoms with van der Waals surface area (Å²) in [6.07, 6.45) is 9.51. The number of amides is 1. The van der Waals surface area contributed by atoms with Gasteiger partial charge >= 0.3 is 0 Å². The van der Waals surface area contributed by atoms with E-state index in [1.54, 1.807) is 14.2 Å². The second-order valence-electron chi connectivity index (χ2n) is 9.22. The lowest BCUT2D eigenvalue weighted by Gasteiger charge is -2.32. The molecular formula is C26H53NO2. The zero-order valence-corrected chi connectivity index (χ0v) is 21.5. The van der Waals surface area contributed by atoms with Crippen LogP contribution >= 0.6 is 0 Å². The molecule has 1 aliphatic carbocycles. The molecule has 2 aliphatic rings. The van der Waals surface area contributed by atoms with Crippen molar-refractivity contribution >= 4 is 5.91 Å². The van der Waals surface area contributed by atoms with Crippen molar-refractivity contribution in [3.63, 3.8) is 0 Å². The molecule has 1 saturated heterocycles. The summed E-state index contributed by atoms with van der Waals surface area (Å²) in [6.45, 7) is 22.1. The number of nitrogens with zero attached hydrogens (tertiary/aromatic N) is 1. The summed E-state index contributed by atoms with van der Waals surface area (Å²) in [4.78, 5) is 14.7. The smallest absolute Gasteiger partial charge is 0.226 e. The van der Waals surface area contributed by atoms with Gasteiger partial charge in [0.1, 0.15) is 0 Å². The average molecular weight is 412 g/mol. The first-order valence-electron chi connectivity index (χ1n) is 12.0. The second kappa shape index (κ2) is 18.0. The van der Waals surface area contributed by atoms with Gasteiger partial charge in [-0.2, -0.15) is 0 Å². The van der Waals surface area contributed by atoms with Crippen LogP contribution in [0.15, 0.2) is 12.7 Å². The Balaban J connectivity index is 0. The minimum absolute atomic E-state index is 0.207. The molecule has 29 heavy (non-hydrogen) atoms. The highest BCUT2D eigenvalue weighted by Gasteiger charge is 2.36. The van der Waals surface area contributed by atoms with Crippen molar-refractivity contribution in [1.82, 2.24) is 4.90 Å². The zero-order valence-electron chi connectivity index (χ0n) is 21.5. The van der Waals surface area contributed by atoms with E-state index < -0.39 is 0 Å². The van der Waals surface area contributed by atoms with Gasteiger partial charge in [-0.3, -0.25) is 4.79 Å². The summed E-state index contributed by atoms with van der Waals surface area (Å²) in [7, 11) is 3.25. The molecule has 0 spiro atoms. The van der Waals surface area contributed by atoms with Gasteiger partial charge in [-0.25, -0.2) is 0 Å². The van der Waals surface area contributed by atoms with Crippen LogP contribution in [-0.4, -0.2) is 37.6 Å². The van der Waals surface area contributed by atoms with Gasteiger partial charge in [-0.05, 0) is 42.9 Å². The minimum atomic E-state index is 0.207. The Morgan fingerprint density at radius 1 is 1.00 bits per heavy atom. The van der Waals surface area contributed by atoms with Crippen LogP contribution in [0.4, 0.5) is 0 Å². The number of hydrogen-bond donors (Lipinski definition) is 0. The van der Waals surface area contributed by atoms with Gasteiger partial charge in [0.25, 0.3) is 0 Å². The Morgan fingerprint density at radius 2 is 1.45 bits per heavy atom. The fraction of sp³-hybridized carbons (Fsp3) is 0.885. The number of carbonyl (C=O) groups excluding carboxylic acids is 1. The molecule has 3 atom stereocenters. The Labute approximate surface area is 183 Å². The van der Waals surface area contributed by atoms with E-state index in [0.29, 0.717) is 17.7 Å². The molecule has 2 rings (SSSR count). The van der Waals surface area contributed by atoms with E-state index in [2.05, 4.69) is 57.8 Å². The van der Waals surface area contributed by atoms with Crippen molar-refractivity contribution in [3.05, 3.63) is 12.7 Å². The molecule has 174 valence electrons. The lowest BCUT2D eigenvalue weighted by atomic mass is 9.80. The molecule has 3 heteroatoms. The molecule has 0 aromatic heterocycles. The van der Waals surface area contributed by atoms with Crippen LogP contribution in [0, 0.1) is 29.6 Å². The monoisotopic (exact) mass is 411 g/mol. The van der Waals surface area contributed by atoms with Crippen LogP contribution in [0.5, 0.6) is 0 Å². The molecule has 1 heterocycles. The summed E-state index contributed by atoms with van der Waals surface area (Å²) in [5.41, 5.74) is 0. The summed E-state index contributed by atoms with van der Waals surface area (Å²) >= 11 is 0. The standard InChI is InChI=1S/C16H27NO.C6H14.C2H6O.C2H6/c1-4-15-10-12(2)11-17(15)16(18)13(3)14-8-6-5-7-9-14;1-5(2)6(3)4;1-3-2;1-2/h4,12-15H,1,5-11H2,2-3H3;5-6H,1-4H3;1-2H3;1-2H3/t12-,13?,15?;;;/m1.../s1. The molecule has 3 nitrogen and oxygen atoms in total. The maximum Gasteiger partial charge on any atom is 0.226 e. The highest BCUT2D eigenvalue weighted by Crippen LogP contribution is 2.33. The first-order chi connectivity index (χ1) is 13.7. The molecule has 0 aromatic rings. The Kier molecular flexibility index (Phi) is 18.8. The van der Waals surface area contributed by atoms with Crippen LogP contribution < -0.4 is 0 Å². The van der Waals surface area contributed by atoms with Gasteiger partial charge in [0.2, 0.25) is 5.91 Å². The van der Waals surface area contributed by atoms with Crippen LogP contribution in [0.2, 0.25) is 0 Å². The van der Waals surface area contributed by atoms with Gasteiger partial charge < -0.3 is 9.64 Å². The van der Waals surface area contributed by atoms with Gasteiger partial charge in [-0.15, -0.1) is 6.58 Å². The number of ether oxygens (including phenoxy) is 1. The minimum Gasteiger partial charge on any atom is -0.388 e. The highest BCUT2D eigenvalue weighted by atomic mass is 16.4. The first-order valence-corrected chi connectivity index (χ1v) is 12.0. The van der Waals surface area contributed by atoms with E-state index in [4.69, 9.17) is 0 Å². The third-order valence-corrected chi connectivity index (χ3v) is 6.19. The third kappa shape index (κ3) is 12.5. The molecule has 1 saturated carbocycles. The van der Waals surface area contributed by atoms with E-state index in [9.17, 15) is 4.79 Å². The number of hydrogen-bond acceptors (Lipinski definition) is 2. The van der Waals surface area contributed by atoms with E-state index in [1.807, 2.05) is 19.9 Å². The van der Waals surface area contributed by atoms with E-state index in [0.717, 1.165) is 24.8 Å². The molecule has 0 N–H and O–H groups in total. The Bertz CT molecular complexity index is 394. The van der Waals surface area contributed by atoms with Crippen LogP contribution in [0.3, 0.4) is 0 Å². The molecule has 2 unspecified atom stereocenters. The van der Waals surface area contributed by atoms with Gasteiger partial charge in [0, 0.05) is 26.7 Å². The fourth-order valence-corrected chi connectivity index (χ4v) is 3.66. The maximum absolute atomic E-state index is 12.6. The Hall–Kier alpha value is -0.830. The predicted molar refractivity (Wildman–Crippen MR) is 129 cm³/mol. The topological polar surface area (TPSA) is 29.5 Å². The maximum atomic E-state index is 12.6. The predicted octanol–water partition coefficient (Wildman–Crippen LogP) is 7.21. The van der Waals surface area contributed by atoms with E-state index in [-0.39, 0.29) is 12.0 Å².